The van der Waals surface area contributed by atoms with E-state index in [1.165, 1.54) is 12.8 Å². The average molecular weight is 359 g/mol. The zero-order chi connectivity index (χ0) is 17.8. The van der Waals surface area contributed by atoms with Crippen molar-refractivity contribution in [2.24, 2.45) is 0 Å². The van der Waals surface area contributed by atoms with Gasteiger partial charge in [0.25, 0.3) is 5.91 Å². The summed E-state index contributed by atoms with van der Waals surface area (Å²) in [6.07, 6.45) is 7.87. The highest BCUT2D eigenvalue weighted by Crippen LogP contribution is 2.25. The summed E-state index contributed by atoms with van der Waals surface area (Å²) in [6.45, 7) is 5.04. The van der Waals surface area contributed by atoms with Crippen molar-refractivity contribution in [2.45, 2.75) is 45.6 Å². The molecule has 132 valence electrons. The summed E-state index contributed by atoms with van der Waals surface area (Å²) < 4.78 is 0. The number of nitrogens with one attached hydrogen (secondary N) is 1. The number of aromatic nitrogens is 2. The number of amides is 1. The summed E-state index contributed by atoms with van der Waals surface area (Å²) in [5, 5.41) is 3.49. The van der Waals surface area contributed by atoms with Gasteiger partial charge >= 0.3 is 0 Å². The summed E-state index contributed by atoms with van der Waals surface area (Å²) in [4.78, 5) is 23.6. The van der Waals surface area contributed by atoms with Gasteiger partial charge in [-0.05, 0) is 50.3 Å². The van der Waals surface area contributed by atoms with E-state index in [1.807, 2.05) is 19.1 Å². The minimum atomic E-state index is -0.234. The minimum Gasteiger partial charge on any atom is -0.338 e. The predicted octanol–water partition coefficient (Wildman–Crippen LogP) is 4.46. The third kappa shape index (κ3) is 3.93. The number of nitrogens with zero attached hydrogens (tertiary/aromatic N) is 3. The Hall–Kier alpha value is -2.14. The second-order valence-corrected chi connectivity index (χ2v) is 6.80. The highest BCUT2D eigenvalue weighted by molar-refractivity contribution is 6.31. The van der Waals surface area contributed by atoms with Crippen LogP contribution in [0.5, 0.6) is 0 Å². The molecule has 1 aliphatic heterocycles. The predicted molar refractivity (Wildman–Crippen MR) is 101 cm³/mol. The number of carbonyl (C=O) groups excluding carboxylic acids is 1. The van der Waals surface area contributed by atoms with Crippen LogP contribution >= 0.6 is 11.6 Å². The van der Waals surface area contributed by atoms with Crippen molar-refractivity contribution in [3.63, 3.8) is 0 Å². The molecular weight excluding hydrogens is 336 g/mol. The third-order valence-electron chi connectivity index (χ3n) is 4.77. The molecule has 3 rings (SSSR count). The number of hydrogen-bond donors (Lipinski definition) is 1. The van der Waals surface area contributed by atoms with E-state index in [1.54, 1.807) is 18.5 Å². The van der Waals surface area contributed by atoms with Gasteiger partial charge in [0, 0.05) is 35.7 Å². The van der Waals surface area contributed by atoms with Crippen LogP contribution in [0.15, 0.2) is 30.6 Å². The lowest BCUT2D eigenvalue weighted by atomic mass is 10.0. The molecule has 2 aromatic rings. The summed E-state index contributed by atoms with van der Waals surface area (Å²) in [5.74, 6) is 0.477. The van der Waals surface area contributed by atoms with Crippen LogP contribution in [-0.4, -0.2) is 28.5 Å². The molecule has 1 fully saturated rings. The van der Waals surface area contributed by atoms with Crippen molar-refractivity contribution in [1.29, 1.82) is 0 Å². The first kappa shape index (κ1) is 17.7. The van der Waals surface area contributed by atoms with Gasteiger partial charge in [0.1, 0.15) is 0 Å². The van der Waals surface area contributed by atoms with Crippen LogP contribution in [0.3, 0.4) is 0 Å². The fraction of sp³-hybridized carbons (Fsp3) is 0.421. The lowest BCUT2D eigenvalue weighted by Gasteiger charge is -2.35. The van der Waals surface area contributed by atoms with Gasteiger partial charge in [-0.25, -0.2) is 9.97 Å². The van der Waals surface area contributed by atoms with E-state index in [0.717, 1.165) is 24.9 Å². The van der Waals surface area contributed by atoms with Gasteiger partial charge in [0.2, 0.25) is 5.95 Å². The topological polar surface area (TPSA) is 58.1 Å². The Balaban J connectivity index is 1.73. The molecule has 0 spiro atoms. The van der Waals surface area contributed by atoms with Crippen molar-refractivity contribution in [2.75, 3.05) is 16.8 Å². The molecule has 2 heterocycles. The smallest absolute Gasteiger partial charge is 0.258 e. The quantitative estimate of drug-likeness (QED) is 0.876. The lowest BCUT2D eigenvalue weighted by Crippen LogP contribution is -2.40. The first-order chi connectivity index (χ1) is 12.1. The summed E-state index contributed by atoms with van der Waals surface area (Å²) >= 11 is 6.10. The molecular formula is C19H23ClN4O. The Morgan fingerprint density at radius 2 is 2.08 bits per heavy atom. The fourth-order valence-electron chi connectivity index (χ4n) is 3.21. The Labute approximate surface area is 153 Å². The fourth-order valence-corrected chi connectivity index (χ4v) is 3.39. The van der Waals surface area contributed by atoms with Gasteiger partial charge in [-0.3, -0.25) is 4.79 Å². The second-order valence-electron chi connectivity index (χ2n) is 6.39. The summed E-state index contributed by atoms with van der Waals surface area (Å²) in [6, 6.07) is 5.93. The van der Waals surface area contributed by atoms with E-state index in [2.05, 4.69) is 27.1 Å². The van der Waals surface area contributed by atoms with Gasteiger partial charge in [0.05, 0.1) is 5.56 Å². The molecule has 0 bridgehead atoms. The van der Waals surface area contributed by atoms with E-state index in [4.69, 9.17) is 11.6 Å². The molecule has 5 nitrogen and oxygen atoms in total. The molecule has 1 saturated heterocycles. The molecule has 25 heavy (non-hydrogen) atoms. The van der Waals surface area contributed by atoms with Gasteiger partial charge in [0.15, 0.2) is 0 Å². The number of benzene rings is 1. The highest BCUT2D eigenvalue weighted by atomic mass is 35.5. The van der Waals surface area contributed by atoms with E-state index >= 15 is 0 Å². The zero-order valence-electron chi connectivity index (χ0n) is 14.6. The maximum Gasteiger partial charge on any atom is 0.258 e. The number of halogens is 1. The molecule has 1 amide bonds. The molecule has 0 aliphatic carbocycles. The zero-order valence-corrected chi connectivity index (χ0v) is 15.4. The summed E-state index contributed by atoms with van der Waals surface area (Å²) in [5.41, 5.74) is 1.98. The van der Waals surface area contributed by atoms with E-state index in [9.17, 15) is 4.79 Å². The van der Waals surface area contributed by atoms with Crippen molar-refractivity contribution in [3.05, 3.63) is 46.7 Å². The first-order valence-corrected chi connectivity index (χ1v) is 9.13. The largest absolute Gasteiger partial charge is 0.338 e. The van der Waals surface area contributed by atoms with Crippen molar-refractivity contribution in [3.8, 4) is 0 Å². The number of carbonyl (C=O) groups is 1. The Morgan fingerprint density at radius 3 is 2.80 bits per heavy atom. The molecule has 1 N–H and O–H groups in total. The maximum absolute atomic E-state index is 12.4. The highest BCUT2D eigenvalue weighted by Gasteiger charge is 2.23. The number of piperidine rings is 1. The van der Waals surface area contributed by atoms with E-state index < -0.39 is 0 Å². The van der Waals surface area contributed by atoms with Gasteiger partial charge < -0.3 is 10.2 Å². The minimum absolute atomic E-state index is 0.234. The lowest BCUT2D eigenvalue weighted by molar-refractivity contribution is 0.102. The molecule has 1 aromatic heterocycles. The Bertz CT molecular complexity index is 748. The number of rotatable bonds is 4. The van der Waals surface area contributed by atoms with Crippen molar-refractivity contribution in [1.82, 2.24) is 9.97 Å². The van der Waals surface area contributed by atoms with Crippen molar-refractivity contribution < 1.29 is 4.79 Å². The normalized spacial score (nSPS) is 17.4. The first-order valence-electron chi connectivity index (χ1n) is 8.75. The summed E-state index contributed by atoms with van der Waals surface area (Å²) in [7, 11) is 0. The average Bonchev–Trinajstić information content (AvgIpc) is 2.65. The van der Waals surface area contributed by atoms with Crippen LogP contribution in [0, 0.1) is 6.92 Å². The molecule has 1 aromatic carbocycles. The van der Waals surface area contributed by atoms with Gasteiger partial charge in [-0.2, -0.15) is 0 Å². The molecule has 6 heteroatoms. The number of hydrogen-bond acceptors (Lipinski definition) is 4. The second kappa shape index (κ2) is 7.83. The SMILES string of the molecule is CCC1CCCCN1c1ncc(C(=O)Nc2cccc(Cl)c2C)cn1. The Morgan fingerprint density at radius 1 is 1.32 bits per heavy atom. The third-order valence-corrected chi connectivity index (χ3v) is 5.18. The molecule has 0 saturated carbocycles. The van der Waals surface area contributed by atoms with Crippen LogP contribution < -0.4 is 10.2 Å². The standard InChI is InChI=1S/C19H23ClN4O/c1-3-15-7-4-5-10-24(15)19-21-11-14(12-22-19)18(25)23-17-9-6-8-16(20)13(17)2/h6,8-9,11-12,15H,3-5,7,10H2,1-2H3,(H,23,25). The van der Waals surface area contributed by atoms with Crippen LogP contribution in [0.25, 0.3) is 0 Å². The molecule has 1 unspecified atom stereocenters. The van der Waals surface area contributed by atoms with Crippen LogP contribution in [0.2, 0.25) is 5.02 Å². The van der Waals surface area contributed by atoms with Crippen LogP contribution in [0.4, 0.5) is 11.6 Å². The number of anilines is 2. The van der Waals surface area contributed by atoms with Crippen LogP contribution in [-0.2, 0) is 0 Å². The van der Waals surface area contributed by atoms with Crippen LogP contribution in [0.1, 0.15) is 48.5 Å². The molecule has 0 radical (unpaired) electrons. The van der Waals surface area contributed by atoms with E-state index in [-0.39, 0.29) is 5.91 Å². The molecule has 1 atom stereocenters. The van der Waals surface area contributed by atoms with Crippen molar-refractivity contribution >= 4 is 29.1 Å². The monoisotopic (exact) mass is 358 g/mol. The molecule has 1 aliphatic rings. The Kier molecular flexibility index (Phi) is 5.53. The van der Waals surface area contributed by atoms with E-state index in [0.29, 0.717) is 28.3 Å². The maximum atomic E-state index is 12.4. The van der Waals surface area contributed by atoms with Gasteiger partial charge in [-0.1, -0.05) is 24.6 Å². The van der Waals surface area contributed by atoms with Gasteiger partial charge in [-0.15, -0.1) is 0 Å².